The Bertz CT molecular complexity index is 504. The molecule has 1 fully saturated rings. The van der Waals surface area contributed by atoms with Crippen LogP contribution in [0, 0.1) is 5.92 Å². The third-order valence-electron chi connectivity index (χ3n) is 4.22. The zero-order chi connectivity index (χ0) is 18.5. The van der Waals surface area contributed by atoms with E-state index in [9.17, 15) is 0 Å². The minimum Gasteiger partial charge on any atom is -0.377 e. The van der Waals surface area contributed by atoms with Crippen LogP contribution in [0.3, 0.4) is 0 Å². The monoisotopic (exact) mass is 363 g/mol. The van der Waals surface area contributed by atoms with Crippen molar-refractivity contribution < 1.29 is 14.2 Å². The molecule has 1 aliphatic rings. The molecule has 1 aliphatic heterocycles. The molecule has 1 heterocycles. The second kappa shape index (κ2) is 12.7. The lowest BCUT2D eigenvalue weighted by atomic mass is 10.2. The van der Waals surface area contributed by atoms with Crippen molar-refractivity contribution in [3.63, 3.8) is 0 Å². The number of ether oxygens (including phenoxy) is 3. The van der Waals surface area contributed by atoms with Crippen LogP contribution < -0.4 is 10.6 Å². The lowest BCUT2D eigenvalue weighted by Gasteiger charge is -2.16. The third kappa shape index (κ3) is 8.65. The molecule has 6 nitrogen and oxygen atoms in total. The first-order chi connectivity index (χ1) is 12.8. The van der Waals surface area contributed by atoms with Crippen molar-refractivity contribution in [3.8, 4) is 0 Å². The van der Waals surface area contributed by atoms with E-state index in [1.165, 1.54) is 5.56 Å². The Morgan fingerprint density at radius 2 is 2.12 bits per heavy atom. The zero-order valence-electron chi connectivity index (χ0n) is 16.1. The van der Waals surface area contributed by atoms with Crippen molar-refractivity contribution in [1.82, 2.24) is 10.6 Å². The summed E-state index contributed by atoms with van der Waals surface area (Å²) in [5.41, 5.74) is 1.20. The van der Waals surface area contributed by atoms with Gasteiger partial charge in [0.25, 0.3) is 0 Å². The van der Waals surface area contributed by atoms with Gasteiger partial charge in [-0.3, -0.25) is 4.99 Å². The van der Waals surface area contributed by atoms with Crippen LogP contribution in [-0.2, 0) is 20.8 Å². The van der Waals surface area contributed by atoms with Gasteiger partial charge in [-0.05, 0) is 24.3 Å². The molecule has 2 unspecified atom stereocenters. The molecule has 0 radical (unpaired) electrons. The summed E-state index contributed by atoms with van der Waals surface area (Å²) in [4.78, 5) is 4.24. The van der Waals surface area contributed by atoms with Gasteiger partial charge in [-0.25, -0.2) is 0 Å². The molecule has 0 amide bonds. The maximum Gasteiger partial charge on any atom is 0.191 e. The predicted octanol–water partition coefficient (Wildman–Crippen LogP) is 2.20. The molecule has 2 N–H and O–H groups in total. The molecule has 1 aromatic carbocycles. The number of aliphatic imine (C=N–C) groups is 1. The summed E-state index contributed by atoms with van der Waals surface area (Å²) in [6.07, 6.45) is 2.54. The van der Waals surface area contributed by atoms with Gasteiger partial charge in [-0.2, -0.15) is 0 Å². The fourth-order valence-corrected chi connectivity index (χ4v) is 2.73. The maximum absolute atomic E-state index is 5.78. The summed E-state index contributed by atoms with van der Waals surface area (Å²) in [6.45, 7) is 7.27. The highest BCUT2D eigenvalue weighted by Gasteiger charge is 2.14. The van der Waals surface area contributed by atoms with Gasteiger partial charge in [0.05, 0.1) is 32.5 Å². The molecule has 6 heteroatoms. The van der Waals surface area contributed by atoms with E-state index in [-0.39, 0.29) is 6.10 Å². The molecular weight excluding hydrogens is 330 g/mol. The standard InChI is InChI=1S/C20H33N3O3/c1-17(14-25-15-18-7-4-3-5-8-18)13-23-20(21-2)22-10-12-24-16-19-9-6-11-26-19/h3-5,7-8,17,19H,6,9-16H2,1-2H3,(H2,21,22,23). The van der Waals surface area contributed by atoms with Crippen molar-refractivity contribution in [2.24, 2.45) is 10.9 Å². The lowest BCUT2D eigenvalue weighted by molar-refractivity contribution is 0.0191. The van der Waals surface area contributed by atoms with E-state index in [4.69, 9.17) is 14.2 Å². The van der Waals surface area contributed by atoms with Crippen LogP contribution in [0.4, 0.5) is 0 Å². The minimum absolute atomic E-state index is 0.282. The first-order valence-electron chi connectivity index (χ1n) is 9.53. The van der Waals surface area contributed by atoms with Crippen LogP contribution in [0.25, 0.3) is 0 Å². The van der Waals surface area contributed by atoms with E-state index >= 15 is 0 Å². The summed E-state index contributed by atoms with van der Waals surface area (Å²) < 4.78 is 17.0. The Hall–Kier alpha value is -1.63. The average molecular weight is 364 g/mol. The fourth-order valence-electron chi connectivity index (χ4n) is 2.73. The van der Waals surface area contributed by atoms with Crippen molar-refractivity contribution in [3.05, 3.63) is 35.9 Å². The molecule has 2 atom stereocenters. The summed E-state index contributed by atoms with van der Waals surface area (Å²) in [5.74, 6) is 1.19. The molecule has 0 aromatic heterocycles. The Morgan fingerprint density at radius 1 is 1.27 bits per heavy atom. The summed E-state index contributed by atoms with van der Waals surface area (Å²) in [7, 11) is 1.78. The van der Waals surface area contributed by atoms with E-state index < -0.39 is 0 Å². The van der Waals surface area contributed by atoms with Crippen LogP contribution in [0.5, 0.6) is 0 Å². The Balaban J connectivity index is 1.49. The molecule has 0 spiro atoms. The highest BCUT2D eigenvalue weighted by atomic mass is 16.5. The summed E-state index contributed by atoms with van der Waals surface area (Å²) >= 11 is 0. The molecule has 1 saturated heterocycles. The zero-order valence-corrected chi connectivity index (χ0v) is 16.1. The van der Waals surface area contributed by atoms with Crippen molar-refractivity contribution >= 4 is 5.96 Å². The molecule has 0 aliphatic carbocycles. The van der Waals surface area contributed by atoms with Crippen molar-refractivity contribution in [2.45, 2.75) is 32.5 Å². The van der Waals surface area contributed by atoms with Crippen LogP contribution >= 0.6 is 0 Å². The normalized spacial score (nSPS) is 18.7. The second-order valence-electron chi connectivity index (χ2n) is 6.70. The van der Waals surface area contributed by atoms with Crippen LogP contribution in [0.1, 0.15) is 25.3 Å². The van der Waals surface area contributed by atoms with E-state index in [1.807, 2.05) is 18.2 Å². The van der Waals surface area contributed by atoms with Crippen LogP contribution in [-0.4, -0.2) is 58.6 Å². The van der Waals surface area contributed by atoms with Crippen molar-refractivity contribution in [2.75, 3.05) is 46.6 Å². The maximum atomic E-state index is 5.78. The van der Waals surface area contributed by atoms with Gasteiger partial charge in [0.15, 0.2) is 5.96 Å². The average Bonchev–Trinajstić information content (AvgIpc) is 3.18. The SMILES string of the molecule is CN=C(NCCOCC1CCCO1)NCC(C)COCc1ccccc1. The van der Waals surface area contributed by atoms with Gasteiger partial charge in [0.2, 0.25) is 0 Å². The van der Waals surface area contributed by atoms with Gasteiger partial charge in [-0.15, -0.1) is 0 Å². The Labute approximate surface area is 157 Å². The number of rotatable bonds is 11. The lowest BCUT2D eigenvalue weighted by Crippen LogP contribution is -2.41. The molecule has 146 valence electrons. The summed E-state index contributed by atoms with van der Waals surface area (Å²) in [6, 6.07) is 10.2. The third-order valence-corrected chi connectivity index (χ3v) is 4.22. The van der Waals surface area contributed by atoms with E-state index in [0.717, 1.165) is 38.5 Å². The first kappa shape index (κ1) is 20.7. The predicted molar refractivity (Wildman–Crippen MR) is 104 cm³/mol. The Kier molecular flexibility index (Phi) is 10.1. The van der Waals surface area contributed by atoms with E-state index in [1.54, 1.807) is 7.05 Å². The molecule has 0 bridgehead atoms. The molecule has 2 rings (SSSR count). The number of hydrogen-bond donors (Lipinski definition) is 2. The smallest absolute Gasteiger partial charge is 0.191 e. The quantitative estimate of drug-likeness (QED) is 0.358. The van der Waals surface area contributed by atoms with E-state index in [0.29, 0.717) is 32.3 Å². The van der Waals surface area contributed by atoms with Gasteiger partial charge < -0.3 is 24.8 Å². The number of nitrogens with zero attached hydrogens (tertiary/aromatic N) is 1. The van der Waals surface area contributed by atoms with Crippen LogP contribution in [0.15, 0.2) is 35.3 Å². The molecular formula is C20H33N3O3. The first-order valence-corrected chi connectivity index (χ1v) is 9.53. The highest BCUT2D eigenvalue weighted by molar-refractivity contribution is 5.79. The highest BCUT2D eigenvalue weighted by Crippen LogP contribution is 2.11. The summed E-state index contributed by atoms with van der Waals surface area (Å²) in [5, 5.41) is 6.59. The van der Waals surface area contributed by atoms with Gasteiger partial charge >= 0.3 is 0 Å². The van der Waals surface area contributed by atoms with Crippen LogP contribution in [0.2, 0.25) is 0 Å². The van der Waals surface area contributed by atoms with Gasteiger partial charge in [0, 0.05) is 26.7 Å². The topological polar surface area (TPSA) is 64.1 Å². The van der Waals surface area contributed by atoms with Crippen molar-refractivity contribution in [1.29, 1.82) is 0 Å². The largest absolute Gasteiger partial charge is 0.377 e. The number of hydrogen-bond acceptors (Lipinski definition) is 4. The number of benzene rings is 1. The second-order valence-corrected chi connectivity index (χ2v) is 6.70. The molecule has 0 saturated carbocycles. The van der Waals surface area contributed by atoms with Gasteiger partial charge in [0.1, 0.15) is 0 Å². The molecule has 26 heavy (non-hydrogen) atoms. The molecule has 1 aromatic rings. The van der Waals surface area contributed by atoms with E-state index in [2.05, 4.69) is 34.7 Å². The minimum atomic E-state index is 0.282. The number of guanidine groups is 1. The fraction of sp³-hybridized carbons (Fsp3) is 0.650. The van der Waals surface area contributed by atoms with Gasteiger partial charge in [-0.1, -0.05) is 37.3 Å². The number of nitrogens with one attached hydrogen (secondary N) is 2. The Morgan fingerprint density at radius 3 is 2.85 bits per heavy atom.